The molecular weight excluding hydrogens is 252 g/mol. The molecule has 0 bridgehead atoms. The Hall–Kier alpha value is -2.36. The van der Waals surface area contributed by atoms with E-state index in [4.69, 9.17) is 0 Å². The highest BCUT2D eigenvalue weighted by atomic mass is 16.6. The fraction of sp³-hybridized carbons (Fsp3) is 0.250. The van der Waals surface area contributed by atoms with Crippen LogP contribution in [0.2, 0.25) is 0 Å². The Bertz CT molecular complexity index is 667. The number of hydrogen-bond acceptors (Lipinski definition) is 3. The zero-order valence-electron chi connectivity index (χ0n) is 11.3. The number of aryl methyl sites for hydroxylation is 2. The molecule has 4 heteroatoms. The van der Waals surface area contributed by atoms with Gasteiger partial charge >= 0.3 is 0 Å². The van der Waals surface area contributed by atoms with Gasteiger partial charge in [0.2, 0.25) is 0 Å². The van der Waals surface area contributed by atoms with Crippen LogP contribution in [0.25, 0.3) is 0 Å². The lowest BCUT2D eigenvalue weighted by atomic mass is 10.1. The number of fused-ring (bicyclic) bond motifs is 1. The molecule has 1 unspecified atom stereocenters. The van der Waals surface area contributed by atoms with Crippen molar-refractivity contribution in [1.82, 2.24) is 0 Å². The van der Waals surface area contributed by atoms with E-state index in [0.29, 0.717) is 0 Å². The molecule has 3 rings (SSSR count). The molecule has 0 saturated carbocycles. The minimum Gasteiger partial charge on any atom is -0.378 e. The molecule has 2 aromatic rings. The van der Waals surface area contributed by atoms with E-state index in [1.54, 1.807) is 18.2 Å². The lowest BCUT2D eigenvalue weighted by Crippen LogP contribution is -2.08. The standard InChI is InChI=1S/C16H16N2O2/c1-11-6-8-13(18(19)20)10-16(11)17-15-9-7-12-4-2-3-5-14(12)15/h2-6,8,10,15,17H,7,9H2,1H3. The molecule has 0 amide bonds. The predicted molar refractivity (Wildman–Crippen MR) is 79.0 cm³/mol. The number of benzene rings is 2. The van der Waals surface area contributed by atoms with Crippen molar-refractivity contribution in [3.05, 3.63) is 69.3 Å². The third kappa shape index (κ3) is 2.25. The Kier molecular flexibility index (Phi) is 3.14. The third-order valence-electron chi connectivity index (χ3n) is 3.89. The zero-order chi connectivity index (χ0) is 14.1. The van der Waals surface area contributed by atoms with Crippen molar-refractivity contribution in [2.75, 3.05) is 5.32 Å². The fourth-order valence-electron chi connectivity index (χ4n) is 2.77. The third-order valence-corrected chi connectivity index (χ3v) is 3.89. The summed E-state index contributed by atoms with van der Waals surface area (Å²) in [6, 6.07) is 13.6. The van der Waals surface area contributed by atoms with Crippen LogP contribution >= 0.6 is 0 Å². The van der Waals surface area contributed by atoms with Crippen molar-refractivity contribution >= 4 is 11.4 Å². The molecule has 4 nitrogen and oxygen atoms in total. The lowest BCUT2D eigenvalue weighted by Gasteiger charge is -2.17. The molecule has 0 radical (unpaired) electrons. The number of nitro groups is 1. The maximum absolute atomic E-state index is 10.9. The number of nitrogens with zero attached hydrogens (tertiary/aromatic N) is 1. The van der Waals surface area contributed by atoms with Gasteiger partial charge in [0.1, 0.15) is 0 Å². The molecule has 1 aliphatic carbocycles. The van der Waals surface area contributed by atoms with Gasteiger partial charge in [-0.3, -0.25) is 10.1 Å². The summed E-state index contributed by atoms with van der Waals surface area (Å²) in [6.45, 7) is 1.97. The first-order chi connectivity index (χ1) is 9.65. The highest BCUT2D eigenvalue weighted by Gasteiger charge is 2.22. The Balaban J connectivity index is 1.89. The molecule has 0 aromatic heterocycles. The predicted octanol–water partition coefficient (Wildman–Crippen LogP) is 4.00. The van der Waals surface area contributed by atoms with Gasteiger partial charge in [0.25, 0.3) is 5.69 Å². The number of nitro benzene ring substituents is 1. The van der Waals surface area contributed by atoms with Gasteiger partial charge in [-0.25, -0.2) is 0 Å². The lowest BCUT2D eigenvalue weighted by molar-refractivity contribution is -0.384. The van der Waals surface area contributed by atoms with E-state index < -0.39 is 0 Å². The normalized spacial score (nSPS) is 16.8. The van der Waals surface area contributed by atoms with Crippen LogP contribution in [0.1, 0.15) is 29.2 Å². The molecule has 0 fully saturated rings. The van der Waals surface area contributed by atoms with Gasteiger partial charge in [-0.15, -0.1) is 0 Å². The first kappa shape index (κ1) is 12.7. The molecule has 0 aliphatic heterocycles. The summed E-state index contributed by atoms with van der Waals surface area (Å²) in [5.41, 5.74) is 4.68. The van der Waals surface area contributed by atoms with Crippen LogP contribution < -0.4 is 5.32 Å². The average molecular weight is 268 g/mol. The topological polar surface area (TPSA) is 55.2 Å². The Labute approximate surface area is 117 Å². The van der Waals surface area contributed by atoms with Crippen LogP contribution in [0, 0.1) is 17.0 Å². The second kappa shape index (κ2) is 4.96. The minimum atomic E-state index is -0.354. The average Bonchev–Trinajstić information content (AvgIpc) is 2.84. The minimum absolute atomic E-state index is 0.129. The monoisotopic (exact) mass is 268 g/mol. The smallest absolute Gasteiger partial charge is 0.271 e. The summed E-state index contributed by atoms with van der Waals surface area (Å²) in [6.07, 6.45) is 2.09. The molecule has 1 N–H and O–H groups in total. The number of rotatable bonds is 3. The van der Waals surface area contributed by atoms with Gasteiger partial charge in [-0.05, 0) is 36.5 Å². The summed E-state index contributed by atoms with van der Waals surface area (Å²) in [5.74, 6) is 0. The van der Waals surface area contributed by atoms with Crippen molar-refractivity contribution in [2.24, 2.45) is 0 Å². The van der Waals surface area contributed by atoms with Crippen LogP contribution in [-0.2, 0) is 6.42 Å². The largest absolute Gasteiger partial charge is 0.378 e. The molecule has 2 aromatic carbocycles. The molecule has 0 saturated heterocycles. The second-order valence-electron chi connectivity index (χ2n) is 5.19. The van der Waals surface area contributed by atoms with Crippen molar-refractivity contribution < 1.29 is 4.92 Å². The number of non-ortho nitro benzene ring substituents is 1. The highest BCUT2D eigenvalue weighted by Crippen LogP contribution is 2.35. The number of nitrogens with one attached hydrogen (secondary N) is 1. The Morgan fingerprint density at radius 3 is 2.85 bits per heavy atom. The molecule has 1 atom stereocenters. The van der Waals surface area contributed by atoms with E-state index in [9.17, 15) is 10.1 Å². The van der Waals surface area contributed by atoms with Gasteiger partial charge < -0.3 is 5.32 Å². The fourth-order valence-corrected chi connectivity index (χ4v) is 2.77. The van der Waals surface area contributed by atoms with E-state index in [-0.39, 0.29) is 16.7 Å². The van der Waals surface area contributed by atoms with Crippen molar-refractivity contribution in [1.29, 1.82) is 0 Å². The summed E-state index contributed by atoms with van der Waals surface area (Å²) in [7, 11) is 0. The summed E-state index contributed by atoms with van der Waals surface area (Å²) in [4.78, 5) is 10.5. The van der Waals surface area contributed by atoms with Crippen molar-refractivity contribution in [2.45, 2.75) is 25.8 Å². The summed E-state index contributed by atoms with van der Waals surface area (Å²) >= 11 is 0. The number of anilines is 1. The van der Waals surface area contributed by atoms with Gasteiger partial charge in [-0.1, -0.05) is 30.3 Å². The Morgan fingerprint density at radius 1 is 1.25 bits per heavy atom. The summed E-state index contributed by atoms with van der Waals surface area (Å²) in [5, 5.41) is 14.3. The highest BCUT2D eigenvalue weighted by molar-refractivity contribution is 5.58. The molecule has 1 aliphatic rings. The first-order valence-corrected chi connectivity index (χ1v) is 6.74. The Morgan fingerprint density at radius 2 is 2.05 bits per heavy atom. The molecular formula is C16H16N2O2. The van der Waals surface area contributed by atoms with Crippen molar-refractivity contribution in [3.63, 3.8) is 0 Å². The second-order valence-corrected chi connectivity index (χ2v) is 5.19. The van der Waals surface area contributed by atoms with E-state index in [2.05, 4.69) is 23.5 Å². The van der Waals surface area contributed by atoms with E-state index >= 15 is 0 Å². The van der Waals surface area contributed by atoms with E-state index in [0.717, 1.165) is 24.1 Å². The first-order valence-electron chi connectivity index (χ1n) is 6.74. The van der Waals surface area contributed by atoms with Crippen LogP contribution in [0.4, 0.5) is 11.4 Å². The molecule has 0 spiro atoms. The molecule has 0 heterocycles. The number of hydrogen-bond donors (Lipinski definition) is 1. The van der Waals surface area contributed by atoms with Gasteiger partial charge in [0, 0.05) is 17.8 Å². The maximum atomic E-state index is 10.9. The van der Waals surface area contributed by atoms with Crippen LogP contribution in [0.5, 0.6) is 0 Å². The molecule has 102 valence electrons. The zero-order valence-corrected chi connectivity index (χ0v) is 11.3. The van der Waals surface area contributed by atoms with Crippen LogP contribution in [0.15, 0.2) is 42.5 Å². The molecule has 20 heavy (non-hydrogen) atoms. The van der Waals surface area contributed by atoms with Crippen LogP contribution in [0.3, 0.4) is 0 Å². The van der Waals surface area contributed by atoms with E-state index in [1.807, 2.05) is 13.0 Å². The van der Waals surface area contributed by atoms with Crippen molar-refractivity contribution in [3.8, 4) is 0 Å². The van der Waals surface area contributed by atoms with Gasteiger partial charge in [0.15, 0.2) is 0 Å². The quantitative estimate of drug-likeness (QED) is 0.676. The van der Waals surface area contributed by atoms with Gasteiger partial charge in [0.05, 0.1) is 11.0 Å². The maximum Gasteiger partial charge on any atom is 0.271 e. The van der Waals surface area contributed by atoms with Crippen LogP contribution in [-0.4, -0.2) is 4.92 Å². The van der Waals surface area contributed by atoms with Gasteiger partial charge in [-0.2, -0.15) is 0 Å². The van der Waals surface area contributed by atoms with E-state index in [1.165, 1.54) is 11.1 Å². The SMILES string of the molecule is Cc1ccc([N+](=O)[O-])cc1NC1CCc2ccccc21. The summed E-state index contributed by atoms with van der Waals surface area (Å²) < 4.78 is 0.